The van der Waals surface area contributed by atoms with E-state index in [4.69, 9.17) is 4.74 Å². The lowest BCUT2D eigenvalue weighted by molar-refractivity contribution is 0.336. The number of unbranched alkanes of at least 4 members (excludes halogenated alkanes) is 16. The van der Waals surface area contributed by atoms with Crippen molar-refractivity contribution in [3.8, 4) is 0 Å². The minimum absolute atomic E-state index is 1.17. The van der Waals surface area contributed by atoms with Gasteiger partial charge in [-0.05, 0) is 18.9 Å². The molecule has 0 aromatic heterocycles. The molecule has 0 spiro atoms. The summed E-state index contributed by atoms with van der Waals surface area (Å²) in [5.41, 5.74) is 0. The first kappa shape index (κ1) is 21.5. The second kappa shape index (κ2) is 20.5. The molecular formula is C21H42O. The summed E-state index contributed by atoms with van der Waals surface area (Å²) in [7, 11) is 1.71. The van der Waals surface area contributed by atoms with E-state index in [2.05, 4.69) is 13.0 Å². The Kier molecular flexibility index (Phi) is 20.1. The smallest absolute Gasteiger partial charge is 0.0784 e. The monoisotopic (exact) mass is 310 g/mol. The highest BCUT2D eigenvalue weighted by Crippen LogP contribution is 2.14. The molecule has 0 fully saturated rings. The van der Waals surface area contributed by atoms with Gasteiger partial charge in [0.2, 0.25) is 0 Å². The Morgan fingerprint density at radius 1 is 0.545 bits per heavy atom. The number of methoxy groups -OCH3 is 1. The Labute approximate surface area is 140 Å². The minimum atomic E-state index is 1.17. The maximum absolute atomic E-state index is 4.89. The maximum atomic E-state index is 4.89. The number of hydrogen-bond acceptors (Lipinski definition) is 1. The van der Waals surface area contributed by atoms with E-state index < -0.39 is 0 Å². The van der Waals surface area contributed by atoms with Crippen molar-refractivity contribution in [1.82, 2.24) is 0 Å². The van der Waals surface area contributed by atoms with Gasteiger partial charge in [-0.3, -0.25) is 0 Å². The van der Waals surface area contributed by atoms with Crippen LogP contribution in [0.5, 0.6) is 0 Å². The van der Waals surface area contributed by atoms with Gasteiger partial charge in [-0.25, -0.2) is 0 Å². The maximum Gasteiger partial charge on any atom is 0.0784 e. The molecule has 0 saturated heterocycles. The lowest BCUT2D eigenvalue weighted by Gasteiger charge is -2.03. The van der Waals surface area contributed by atoms with Crippen LogP contribution in [0.4, 0.5) is 0 Å². The molecule has 0 heterocycles. The second-order valence-corrected chi connectivity index (χ2v) is 6.70. The third-order valence-corrected chi connectivity index (χ3v) is 4.46. The van der Waals surface area contributed by atoms with Crippen molar-refractivity contribution in [3.05, 3.63) is 12.3 Å². The molecule has 0 aliphatic carbocycles. The fourth-order valence-corrected chi connectivity index (χ4v) is 2.97. The van der Waals surface area contributed by atoms with Gasteiger partial charge in [0.05, 0.1) is 13.4 Å². The summed E-state index contributed by atoms with van der Waals surface area (Å²) in [5, 5.41) is 0. The van der Waals surface area contributed by atoms with Crippen molar-refractivity contribution in [2.75, 3.05) is 7.11 Å². The van der Waals surface area contributed by atoms with E-state index in [1.165, 1.54) is 109 Å². The molecule has 0 radical (unpaired) electrons. The van der Waals surface area contributed by atoms with Crippen LogP contribution in [0.25, 0.3) is 0 Å². The standard InChI is InChI=1S/C21H42O/c1-3-4-5-6-7-8-9-10-11-12-13-14-15-16-17-18-19-20-21-22-2/h20-21H,3-19H2,1-2H3. The highest BCUT2D eigenvalue weighted by atomic mass is 16.5. The summed E-state index contributed by atoms with van der Waals surface area (Å²) in [6, 6.07) is 0. The average molecular weight is 311 g/mol. The van der Waals surface area contributed by atoms with E-state index in [0.29, 0.717) is 0 Å². The zero-order chi connectivity index (χ0) is 16.1. The zero-order valence-electron chi connectivity index (χ0n) is 15.6. The number of ether oxygens (including phenoxy) is 1. The Morgan fingerprint density at radius 2 is 0.909 bits per heavy atom. The zero-order valence-corrected chi connectivity index (χ0v) is 15.6. The predicted molar refractivity (Wildman–Crippen MR) is 100 cm³/mol. The highest BCUT2D eigenvalue weighted by Gasteiger charge is 1.94. The largest absolute Gasteiger partial charge is 0.505 e. The third kappa shape index (κ3) is 19.5. The summed E-state index contributed by atoms with van der Waals surface area (Å²) in [5.74, 6) is 0. The van der Waals surface area contributed by atoms with E-state index in [1.807, 2.05) is 0 Å². The first-order chi connectivity index (χ1) is 10.9. The van der Waals surface area contributed by atoms with Crippen LogP contribution in [-0.2, 0) is 4.74 Å². The van der Waals surface area contributed by atoms with Crippen molar-refractivity contribution in [3.63, 3.8) is 0 Å². The van der Waals surface area contributed by atoms with Gasteiger partial charge in [0.1, 0.15) is 0 Å². The summed E-state index contributed by atoms with van der Waals surface area (Å²) >= 11 is 0. The van der Waals surface area contributed by atoms with Crippen LogP contribution in [0.2, 0.25) is 0 Å². The van der Waals surface area contributed by atoms with E-state index in [1.54, 1.807) is 13.4 Å². The molecule has 0 unspecified atom stereocenters. The quantitative estimate of drug-likeness (QED) is 0.185. The summed E-state index contributed by atoms with van der Waals surface area (Å²) in [4.78, 5) is 0. The molecule has 0 aliphatic heterocycles. The van der Waals surface area contributed by atoms with Gasteiger partial charge >= 0.3 is 0 Å². The predicted octanol–water partition coefficient (Wildman–Crippen LogP) is 7.80. The number of rotatable bonds is 18. The minimum Gasteiger partial charge on any atom is -0.505 e. The molecule has 0 aliphatic rings. The van der Waals surface area contributed by atoms with Crippen molar-refractivity contribution < 1.29 is 4.74 Å². The summed E-state index contributed by atoms with van der Waals surface area (Å²) < 4.78 is 4.89. The van der Waals surface area contributed by atoms with Crippen LogP contribution in [0, 0.1) is 0 Å². The molecule has 0 N–H and O–H groups in total. The Bertz CT molecular complexity index is 210. The Hall–Kier alpha value is -0.460. The second-order valence-electron chi connectivity index (χ2n) is 6.70. The van der Waals surface area contributed by atoms with Gasteiger partial charge in [-0.15, -0.1) is 0 Å². The molecule has 0 aromatic carbocycles. The van der Waals surface area contributed by atoms with E-state index in [0.717, 1.165) is 0 Å². The fourth-order valence-electron chi connectivity index (χ4n) is 2.97. The molecule has 0 atom stereocenters. The van der Waals surface area contributed by atoms with Gasteiger partial charge < -0.3 is 4.74 Å². The van der Waals surface area contributed by atoms with E-state index in [-0.39, 0.29) is 0 Å². The lowest BCUT2D eigenvalue weighted by Crippen LogP contribution is -1.83. The van der Waals surface area contributed by atoms with E-state index in [9.17, 15) is 0 Å². The number of allylic oxidation sites excluding steroid dienone is 1. The first-order valence-corrected chi connectivity index (χ1v) is 10.1. The van der Waals surface area contributed by atoms with Crippen LogP contribution in [0.3, 0.4) is 0 Å². The van der Waals surface area contributed by atoms with Gasteiger partial charge in [0.15, 0.2) is 0 Å². The van der Waals surface area contributed by atoms with Crippen molar-refractivity contribution in [2.45, 2.75) is 116 Å². The Morgan fingerprint density at radius 3 is 1.27 bits per heavy atom. The van der Waals surface area contributed by atoms with E-state index >= 15 is 0 Å². The summed E-state index contributed by atoms with van der Waals surface area (Å²) in [6.45, 7) is 2.29. The first-order valence-electron chi connectivity index (χ1n) is 10.1. The van der Waals surface area contributed by atoms with Gasteiger partial charge in [0.25, 0.3) is 0 Å². The molecule has 0 aromatic rings. The molecule has 1 nitrogen and oxygen atoms in total. The van der Waals surface area contributed by atoms with Crippen LogP contribution in [0.1, 0.15) is 116 Å². The molecule has 22 heavy (non-hydrogen) atoms. The fraction of sp³-hybridized carbons (Fsp3) is 0.905. The van der Waals surface area contributed by atoms with Gasteiger partial charge in [0, 0.05) is 0 Å². The molecule has 0 saturated carbocycles. The highest BCUT2D eigenvalue weighted by molar-refractivity contribution is 4.72. The SMILES string of the molecule is CCCCCCCCCCCCCCCCCCC=COC. The van der Waals surface area contributed by atoms with Gasteiger partial charge in [-0.2, -0.15) is 0 Å². The number of hydrogen-bond donors (Lipinski definition) is 0. The van der Waals surface area contributed by atoms with Crippen LogP contribution in [-0.4, -0.2) is 7.11 Å². The third-order valence-electron chi connectivity index (χ3n) is 4.46. The van der Waals surface area contributed by atoms with Gasteiger partial charge in [-0.1, -0.05) is 103 Å². The van der Waals surface area contributed by atoms with Crippen molar-refractivity contribution >= 4 is 0 Å². The average Bonchev–Trinajstić information content (AvgIpc) is 2.54. The molecular weight excluding hydrogens is 268 g/mol. The van der Waals surface area contributed by atoms with Crippen LogP contribution < -0.4 is 0 Å². The van der Waals surface area contributed by atoms with Crippen LogP contribution >= 0.6 is 0 Å². The van der Waals surface area contributed by atoms with Crippen molar-refractivity contribution in [1.29, 1.82) is 0 Å². The van der Waals surface area contributed by atoms with Crippen LogP contribution in [0.15, 0.2) is 12.3 Å². The molecule has 0 bridgehead atoms. The Balaban J connectivity index is 2.95. The normalized spacial score (nSPS) is 11.4. The molecule has 1 heteroatoms. The topological polar surface area (TPSA) is 9.23 Å². The lowest BCUT2D eigenvalue weighted by atomic mass is 10.0. The molecule has 132 valence electrons. The summed E-state index contributed by atoms with van der Waals surface area (Å²) in [6.07, 6.45) is 28.1. The molecule has 0 rings (SSSR count). The van der Waals surface area contributed by atoms with Crippen molar-refractivity contribution in [2.24, 2.45) is 0 Å². The molecule has 0 amide bonds.